The highest BCUT2D eigenvalue weighted by molar-refractivity contribution is 6.12. The number of halogens is 2. The maximum Gasteiger partial charge on any atom is 0.263 e. The number of pyridine rings is 1. The number of anilines is 3. The number of piperidine rings is 1. The Bertz CT molecular complexity index is 1310. The lowest BCUT2D eigenvalue weighted by Gasteiger charge is -2.38. The van der Waals surface area contributed by atoms with Crippen molar-refractivity contribution in [2.75, 3.05) is 48.7 Å². The Morgan fingerprint density at radius 1 is 1.17 bits per heavy atom. The average molecular weight is 500 g/mol. The second kappa shape index (κ2) is 9.64. The first kappa shape index (κ1) is 23.9. The third-order valence-corrected chi connectivity index (χ3v) is 6.66. The molecular formula is C23H27F2N9O2. The molecule has 1 atom stereocenters. The highest BCUT2D eigenvalue weighted by Gasteiger charge is 2.32. The molecule has 2 aliphatic heterocycles. The maximum absolute atomic E-state index is 15.0. The van der Waals surface area contributed by atoms with Crippen LogP contribution in [0.25, 0.3) is 5.65 Å². The van der Waals surface area contributed by atoms with Crippen LogP contribution in [0.2, 0.25) is 0 Å². The highest BCUT2D eigenvalue weighted by Crippen LogP contribution is 2.33. The van der Waals surface area contributed by atoms with Crippen LogP contribution in [0.3, 0.4) is 0 Å². The van der Waals surface area contributed by atoms with Gasteiger partial charge in [-0.2, -0.15) is 0 Å². The Morgan fingerprint density at radius 2 is 1.94 bits per heavy atom. The van der Waals surface area contributed by atoms with E-state index < -0.39 is 17.5 Å². The number of nitrogen functional groups attached to an aromatic ring is 1. The van der Waals surface area contributed by atoms with E-state index in [0.717, 1.165) is 29.7 Å². The molecule has 0 unspecified atom stereocenters. The smallest absolute Gasteiger partial charge is 0.263 e. The number of amides is 2. The molecule has 2 amide bonds. The largest absolute Gasteiger partial charge is 0.381 e. The number of nitrogens with one attached hydrogen (secondary N) is 2. The highest BCUT2D eigenvalue weighted by atomic mass is 19.1. The van der Waals surface area contributed by atoms with Crippen molar-refractivity contribution >= 4 is 34.7 Å². The molecular weight excluding hydrogens is 472 g/mol. The summed E-state index contributed by atoms with van der Waals surface area (Å²) in [5.74, 6) is -2.03. The van der Waals surface area contributed by atoms with Crippen LogP contribution >= 0.6 is 0 Å². The summed E-state index contributed by atoms with van der Waals surface area (Å²) >= 11 is 0. The molecule has 11 nitrogen and oxygen atoms in total. The Hall–Kier alpha value is -3.87. The molecule has 2 saturated heterocycles. The van der Waals surface area contributed by atoms with Gasteiger partial charge in [-0.25, -0.2) is 18.3 Å². The summed E-state index contributed by atoms with van der Waals surface area (Å²) in [6.07, 6.45) is 5.58. The number of hydrogen-bond acceptors (Lipinski definition) is 8. The van der Waals surface area contributed by atoms with E-state index in [-0.39, 0.29) is 46.3 Å². The lowest BCUT2D eigenvalue weighted by molar-refractivity contribution is -0.137. The monoisotopic (exact) mass is 499 g/mol. The molecule has 2 aliphatic rings. The van der Waals surface area contributed by atoms with Crippen LogP contribution in [-0.4, -0.2) is 75.1 Å². The fraction of sp³-hybridized carbons (Fsp3) is 0.435. The van der Waals surface area contributed by atoms with Gasteiger partial charge >= 0.3 is 0 Å². The standard InChI is InChI=1S/C23H27F2N9O2/c1-13-11-33(7-4-28-13)23(36)14-2-5-32(6-3-14)19-16(25)9-27-10-17(19)30-22(35)18-20(26)31-34-12-15(24)8-29-21(18)34/h8-10,12-14,28H,2-7,11H2,1H3,(H2,26,31)(H,30,35)/t13-/m1/s1. The second-order valence-electron chi connectivity index (χ2n) is 9.17. The predicted molar refractivity (Wildman–Crippen MR) is 128 cm³/mol. The van der Waals surface area contributed by atoms with Gasteiger partial charge < -0.3 is 26.2 Å². The van der Waals surface area contributed by atoms with Crippen LogP contribution in [0.4, 0.5) is 26.0 Å². The Labute approximate surface area is 205 Å². The zero-order chi connectivity index (χ0) is 25.4. The Kier molecular flexibility index (Phi) is 6.39. The summed E-state index contributed by atoms with van der Waals surface area (Å²) in [6, 6.07) is 0.260. The lowest BCUT2D eigenvalue weighted by Crippen LogP contribution is -2.53. The molecule has 0 radical (unpaired) electrons. The van der Waals surface area contributed by atoms with E-state index in [9.17, 15) is 18.4 Å². The number of carbonyl (C=O) groups is 2. The molecule has 0 saturated carbocycles. The summed E-state index contributed by atoms with van der Waals surface area (Å²) in [7, 11) is 0. The molecule has 3 aromatic rings. The normalized spacial score (nSPS) is 19.0. The molecule has 0 spiro atoms. The third kappa shape index (κ3) is 4.53. The van der Waals surface area contributed by atoms with E-state index in [2.05, 4.69) is 32.6 Å². The van der Waals surface area contributed by atoms with Crippen LogP contribution in [0.5, 0.6) is 0 Å². The number of aromatic nitrogens is 4. The number of piperazine rings is 1. The summed E-state index contributed by atoms with van der Waals surface area (Å²) in [5, 5.41) is 9.92. The number of hydrogen-bond donors (Lipinski definition) is 3. The van der Waals surface area contributed by atoms with Crippen molar-refractivity contribution in [1.29, 1.82) is 0 Å². The van der Waals surface area contributed by atoms with Gasteiger partial charge in [0.2, 0.25) is 5.91 Å². The lowest BCUT2D eigenvalue weighted by atomic mass is 9.94. The molecule has 190 valence electrons. The first-order chi connectivity index (χ1) is 17.3. The van der Waals surface area contributed by atoms with Crippen molar-refractivity contribution in [3.05, 3.63) is 42.0 Å². The van der Waals surface area contributed by atoms with Crippen molar-refractivity contribution in [1.82, 2.24) is 29.8 Å². The van der Waals surface area contributed by atoms with E-state index in [1.165, 1.54) is 6.20 Å². The Morgan fingerprint density at radius 3 is 2.69 bits per heavy atom. The van der Waals surface area contributed by atoms with Gasteiger partial charge in [0, 0.05) is 44.7 Å². The number of fused-ring (bicyclic) bond motifs is 1. The number of rotatable bonds is 4. The van der Waals surface area contributed by atoms with E-state index >= 15 is 0 Å². The van der Waals surface area contributed by atoms with Gasteiger partial charge in [-0.05, 0) is 19.8 Å². The molecule has 36 heavy (non-hydrogen) atoms. The predicted octanol–water partition coefficient (Wildman–Crippen LogP) is 1.27. The van der Waals surface area contributed by atoms with Gasteiger partial charge in [-0.3, -0.25) is 14.6 Å². The summed E-state index contributed by atoms with van der Waals surface area (Å²) in [4.78, 5) is 37.6. The van der Waals surface area contributed by atoms with Crippen LogP contribution in [0.15, 0.2) is 24.8 Å². The van der Waals surface area contributed by atoms with E-state index in [0.29, 0.717) is 39.0 Å². The molecule has 3 aromatic heterocycles. The van der Waals surface area contributed by atoms with Crippen molar-refractivity contribution in [2.24, 2.45) is 5.92 Å². The fourth-order valence-corrected chi connectivity index (χ4v) is 4.91. The van der Waals surface area contributed by atoms with E-state index in [1.54, 1.807) is 0 Å². The summed E-state index contributed by atoms with van der Waals surface area (Å²) in [5.41, 5.74) is 6.24. The Balaban J connectivity index is 1.32. The average Bonchev–Trinajstić information content (AvgIpc) is 3.18. The number of nitrogens with zero attached hydrogens (tertiary/aromatic N) is 6. The van der Waals surface area contributed by atoms with Gasteiger partial charge in [0.05, 0.1) is 30.5 Å². The molecule has 5 heterocycles. The van der Waals surface area contributed by atoms with Crippen LogP contribution in [0.1, 0.15) is 30.1 Å². The summed E-state index contributed by atoms with van der Waals surface area (Å²) in [6.45, 7) is 5.09. The zero-order valence-electron chi connectivity index (χ0n) is 19.7. The van der Waals surface area contributed by atoms with Crippen molar-refractivity contribution in [3.63, 3.8) is 0 Å². The molecule has 2 fully saturated rings. The molecule has 4 N–H and O–H groups in total. The molecule has 5 rings (SSSR count). The van der Waals surface area contributed by atoms with Crippen LogP contribution in [-0.2, 0) is 4.79 Å². The molecule has 0 bridgehead atoms. The van der Waals surface area contributed by atoms with Crippen molar-refractivity contribution in [2.45, 2.75) is 25.8 Å². The first-order valence-corrected chi connectivity index (χ1v) is 11.8. The van der Waals surface area contributed by atoms with E-state index in [4.69, 9.17) is 5.73 Å². The SMILES string of the molecule is C[C@@H]1CN(C(=O)C2CCN(c3c(F)cncc3NC(=O)c3c(N)nn4cc(F)cnc34)CC2)CCN1. The number of carbonyl (C=O) groups excluding carboxylic acids is 2. The van der Waals surface area contributed by atoms with Crippen molar-refractivity contribution in [3.8, 4) is 0 Å². The van der Waals surface area contributed by atoms with Gasteiger partial charge in [-0.1, -0.05) is 0 Å². The topological polar surface area (TPSA) is 134 Å². The molecule has 0 aromatic carbocycles. The van der Waals surface area contributed by atoms with Gasteiger partial charge in [0.15, 0.2) is 23.1 Å². The minimum Gasteiger partial charge on any atom is -0.381 e. The van der Waals surface area contributed by atoms with Gasteiger partial charge in [-0.15, -0.1) is 5.10 Å². The number of nitrogens with two attached hydrogens (primary N) is 1. The third-order valence-electron chi connectivity index (χ3n) is 6.66. The summed E-state index contributed by atoms with van der Waals surface area (Å²) < 4.78 is 29.5. The van der Waals surface area contributed by atoms with Gasteiger partial charge in [0.25, 0.3) is 5.91 Å². The fourth-order valence-electron chi connectivity index (χ4n) is 4.91. The molecule has 13 heteroatoms. The first-order valence-electron chi connectivity index (χ1n) is 11.8. The van der Waals surface area contributed by atoms with Gasteiger partial charge in [0.1, 0.15) is 11.3 Å². The zero-order valence-corrected chi connectivity index (χ0v) is 19.7. The second-order valence-corrected chi connectivity index (χ2v) is 9.17. The minimum absolute atomic E-state index is 0.0558. The molecule has 0 aliphatic carbocycles. The maximum atomic E-state index is 15.0. The van der Waals surface area contributed by atoms with Crippen LogP contribution in [0, 0.1) is 17.6 Å². The van der Waals surface area contributed by atoms with E-state index in [1.807, 2.05) is 9.80 Å². The quantitative estimate of drug-likeness (QED) is 0.489. The van der Waals surface area contributed by atoms with Crippen LogP contribution < -0.4 is 21.3 Å². The van der Waals surface area contributed by atoms with Crippen molar-refractivity contribution < 1.29 is 18.4 Å². The minimum atomic E-state index is -0.673.